The molecule has 0 bridgehead atoms. The van der Waals surface area contributed by atoms with Crippen LogP contribution in [0.5, 0.6) is 0 Å². The maximum Gasteiger partial charge on any atom is 0.0548 e. The van der Waals surface area contributed by atoms with Crippen molar-refractivity contribution in [2.45, 2.75) is 12.5 Å². The Balaban J connectivity index is 0.947. The smallest absolute Gasteiger partial charge is 0.0548 e. The summed E-state index contributed by atoms with van der Waals surface area (Å²) in [6.07, 6.45) is 19.6. The largest absolute Gasteiger partial charge is 0.364 e. The summed E-state index contributed by atoms with van der Waals surface area (Å²) in [6, 6.07) is 72.0. The summed E-state index contributed by atoms with van der Waals surface area (Å²) in [5, 5.41) is 2.54. The van der Waals surface area contributed by atoms with Crippen LogP contribution in [0.4, 0.5) is 5.69 Å². The van der Waals surface area contributed by atoms with Gasteiger partial charge in [0.05, 0.1) is 17.1 Å². The lowest BCUT2D eigenvalue weighted by atomic mass is 9.70. The van der Waals surface area contributed by atoms with E-state index >= 15 is 0 Å². The van der Waals surface area contributed by atoms with Crippen LogP contribution >= 0.6 is 0 Å². The zero-order chi connectivity index (χ0) is 41.7. The van der Waals surface area contributed by atoms with Crippen LogP contribution in [-0.2, 0) is 0 Å². The summed E-state index contributed by atoms with van der Waals surface area (Å²) in [5.74, 6) is 0.461. The van der Waals surface area contributed by atoms with E-state index in [1.54, 1.807) is 0 Å². The van der Waals surface area contributed by atoms with Crippen LogP contribution in [0.25, 0.3) is 83.1 Å². The summed E-state index contributed by atoms with van der Waals surface area (Å²) >= 11 is 0. The molecule has 1 fully saturated rings. The summed E-state index contributed by atoms with van der Waals surface area (Å²) in [5.41, 5.74) is 17.0. The number of benzene rings is 8. The van der Waals surface area contributed by atoms with Crippen molar-refractivity contribution in [2.24, 2.45) is 11.3 Å². The summed E-state index contributed by atoms with van der Waals surface area (Å²) in [7, 11) is 0. The molecule has 1 aliphatic heterocycles. The van der Waals surface area contributed by atoms with Gasteiger partial charge in [0.15, 0.2) is 0 Å². The lowest BCUT2D eigenvalue weighted by Gasteiger charge is -2.32. The molecule has 3 aliphatic rings. The van der Waals surface area contributed by atoms with Crippen molar-refractivity contribution in [2.75, 3.05) is 11.4 Å². The minimum atomic E-state index is 0.125. The van der Waals surface area contributed by atoms with Crippen LogP contribution in [0.1, 0.15) is 6.42 Å². The molecule has 2 aliphatic carbocycles. The summed E-state index contributed by atoms with van der Waals surface area (Å²) in [6.45, 7) is 1.01. The third kappa shape index (κ3) is 6.58. The minimum absolute atomic E-state index is 0.125. The number of para-hydroxylation sites is 2. The van der Waals surface area contributed by atoms with Crippen LogP contribution in [0.2, 0.25) is 0 Å². The van der Waals surface area contributed by atoms with Gasteiger partial charge >= 0.3 is 0 Å². The Bertz CT molecular complexity index is 3220. The first-order chi connectivity index (χ1) is 31.2. The second kappa shape index (κ2) is 15.3. The van der Waals surface area contributed by atoms with Gasteiger partial charge in [-0.2, -0.15) is 0 Å². The molecule has 3 unspecified atom stereocenters. The van der Waals surface area contributed by atoms with Gasteiger partial charge in [0.2, 0.25) is 0 Å². The number of rotatable bonds is 7. The van der Waals surface area contributed by atoms with Crippen molar-refractivity contribution >= 4 is 27.5 Å². The Kier molecular flexibility index (Phi) is 9.04. The first kappa shape index (κ1) is 37.1. The van der Waals surface area contributed by atoms with Crippen molar-refractivity contribution in [3.8, 4) is 61.3 Å². The first-order valence-electron chi connectivity index (χ1n) is 22.2. The van der Waals surface area contributed by atoms with Crippen LogP contribution in [0.15, 0.2) is 243 Å². The predicted octanol–water partition coefficient (Wildman–Crippen LogP) is 15.6. The van der Waals surface area contributed by atoms with Crippen molar-refractivity contribution < 1.29 is 0 Å². The van der Waals surface area contributed by atoms with Crippen LogP contribution in [0.3, 0.4) is 0 Å². The number of aromatic nitrogens is 1. The van der Waals surface area contributed by atoms with E-state index in [2.05, 4.69) is 252 Å². The van der Waals surface area contributed by atoms with Crippen molar-refractivity contribution in [1.82, 2.24) is 4.57 Å². The zero-order valence-corrected chi connectivity index (χ0v) is 35.1. The fourth-order valence-electron chi connectivity index (χ4n) is 10.6. The molecule has 0 N–H and O–H groups in total. The van der Waals surface area contributed by atoms with E-state index in [1.807, 2.05) is 0 Å². The molecule has 0 amide bonds. The maximum absolute atomic E-state index is 2.62. The van der Waals surface area contributed by atoms with Gasteiger partial charge in [-0.15, -0.1) is 0 Å². The highest BCUT2D eigenvalue weighted by molar-refractivity contribution is 6.09. The molecule has 12 rings (SSSR count). The lowest BCUT2D eigenvalue weighted by molar-refractivity contribution is 0.342. The Morgan fingerprint density at radius 1 is 0.381 bits per heavy atom. The molecule has 0 radical (unpaired) electrons. The molecule has 300 valence electrons. The van der Waals surface area contributed by atoms with Gasteiger partial charge in [0, 0.05) is 40.0 Å². The molecule has 63 heavy (non-hydrogen) atoms. The molecular weight excluding hydrogens is 761 g/mol. The molecular formula is C61H46N2. The van der Waals surface area contributed by atoms with E-state index < -0.39 is 0 Å². The molecule has 8 aromatic carbocycles. The summed E-state index contributed by atoms with van der Waals surface area (Å²) in [4.78, 5) is 2.62. The Labute approximate surface area is 369 Å². The van der Waals surface area contributed by atoms with Gasteiger partial charge in [0.1, 0.15) is 0 Å². The number of hydrogen-bond donors (Lipinski definition) is 0. The first-order valence-corrected chi connectivity index (χ1v) is 22.2. The number of fused-ring (bicyclic) bond motifs is 5. The Morgan fingerprint density at radius 3 is 1.33 bits per heavy atom. The van der Waals surface area contributed by atoms with Crippen LogP contribution in [-0.4, -0.2) is 17.2 Å². The second-order valence-corrected chi connectivity index (χ2v) is 17.4. The monoisotopic (exact) mass is 806 g/mol. The van der Waals surface area contributed by atoms with Gasteiger partial charge in [-0.1, -0.05) is 170 Å². The average molecular weight is 807 g/mol. The van der Waals surface area contributed by atoms with Crippen molar-refractivity contribution in [3.05, 3.63) is 243 Å². The third-order valence-electron chi connectivity index (χ3n) is 13.8. The van der Waals surface area contributed by atoms with E-state index in [4.69, 9.17) is 0 Å². The highest BCUT2D eigenvalue weighted by Gasteiger charge is 2.49. The highest BCUT2D eigenvalue weighted by Crippen LogP contribution is 2.50. The van der Waals surface area contributed by atoms with Crippen molar-refractivity contribution in [1.29, 1.82) is 0 Å². The quantitative estimate of drug-likeness (QED) is 0.156. The molecule has 1 aromatic heterocycles. The summed E-state index contributed by atoms with van der Waals surface area (Å²) < 4.78 is 2.39. The van der Waals surface area contributed by atoms with E-state index in [9.17, 15) is 0 Å². The van der Waals surface area contributed by atoms with Crippen LogP contribution in [0, 0.1) is 11.3 Å². The van der Waals surface area contributed by atoms with Gasteiger partial charge < -0.3 is 9.47 Å². The average Bonchev–Trinajstić information content (AvgIpc) is 3.87. The number of allylic oxidation sites excluding steroid dienone is 5. The zero-order valence-electron chi connectivity index (χ0n) is 35.1. The fraction of sp³-hybridized carbons (Fsp3) is 0.0820. The van der Waals surface area contributed by atoms with Gasteiger partial charge in [0.25, 0.3) is 0 Å². The van der Waals surface area contributed by atoms with Crippen LogP contribution < -0.4 is 4.90 Å². The molecule has 0 saturated carbocycles. The Morgan fingerprint density at radius 2 is 0.825 bits per heavy atom. The van der Waals surface area contributed by atoms with Crippen molar-refractivity contribution in [3.63, 3.8) is 0 Å². The van der Waals surface area contributed by atoms with Gasteiger partial charge in [-0.25, -0.2) is 0 Å². The maximum atomic E-state index is 2.62. The van der Waals surface area contributed by atoms with E-state index in [1.165, 1.54) is 83.1 Å². The molecule has 2 heterocycles. The molecule has 2 heteroatoms. The SMILES string of the molecule is C1=CCC2(C=C1)CN(c1ccc(-c3cc(-c4ccccc4)cc(-c4cc(-c5ccccc5)cc(-c5ccc(-n6c7ccccc7c7ccccc76)cc5)c4)c3)cc1)C1C=CC=CC12. The lowest BCUT2D eigenvalue weighted by Crippen LogP contribution is -2.31. The second-order valence-electron chi connectivity index (χ2n) is 17.4. The molecule has 1 spiro atoms. The number of anilines is 1. The van der Waals surface area contributed by atoms with E-state index in [-0.39, 0.29) is 5.41 Å². The van der Waals surface area contributed by atoms with Gasteiger partial charge in [-0.05, 0) is 135 Å². The van der Waals surface area contributed by atoms with E-state index in [0.717, 1.165) is 18.7 Å². The predicted molar refractivity (Wildman–Crippen MR) is 266 cm³/mol. The molecule has 2 nitrogen and oxygen atoms in total. The molecule has 9 aromatic rings. The third-order valence-corrected chi connectivity index (χ3v) is 13.8. The highest BCUT2D eigenvalue weighted by atomic mass is 15.2. The normalized spacial score (nSPS) is 18.8. The molecule has 3 atom stereocenters. The topological polar surface area (TPSA) is 8.17 Å². The standard InChI is InChI=1S/C61H46N2/c1-4-16-43(17-5-1)47-36-49(45-26-30-53(31-27-45)62-42-61(34-14-3-15-35-61)57-22-10-13-25-60(57)62)40-51(38-47)52-39-48(44-18-6-2-7-19-44)37-50(41-52)46-28-32-54(33-29-46)63-58-23-11-8-20-55(58)56-21-9-12-24-59(56)63/h1-34,36-41,57,60H,35,42H2. The molecule has 1 saturated heterocycles. The minimum Gasteiger partial charge on any atom is -0.364 e. The number of hydrogen-bond acceptors (Lipinski definition) is 1. The van der Waals surface area contributed by atoms with Gasteiger partial charge in [-0.3, -0.25) is 0 Å². The van der Waals surface area contributed by atoms with E-state index in [0.29, 0.717) is 12.0 Å². The number of nitrogens with zero attached hydrogens (tertiary/aromatic N) is 2. The Hall–Kier alpha value is -7.68. The fourth-order valence-corrected chi connectivity index (χ4v) is 10.6.